The molecule has 0 N–H and O–H groups in total. The van der Waals surface area contributed by atoms with Gasteiger partial charge < -0.3 is 9.47 Å². The summed E-state index contributed by atoms with van der Waals surface area (Å²) in [5, 5.41) is 0. The molecule has 1 aromatic carbocycles. The maximum atomic E-state index is 11.8. The zero-order chi connectivity index (χ0) is 13.8. The summed E-state index contributed by atoms with van der Waals surface area (Å²) in [5.41, 5.74) is 1.17. The van der Waals surface area contributed by atoms with E-state index in [0.29, 0.717) is 11.8 Å². The van der Waals surface area contributed by atoms with Crippen LogP contribution in [0.25, 0.3) is 0 Å². The molecule has 0 spiro atoms. The average Bonchev–Trinajstić information content (AvgIpc) is 3.28. The summed E-state index contributed by atoms with van der Waals surface area (Å²) in [7, 11) is 1.42. The van der Waals surface area contributed by atoms with Crippen LogP contribution in [0.3, 0.4) is 0 Å². The van der Waals surface area contributed by atoms with Gasteiger partial charge in [0.1, 0.15) is 5.75 Å². The Morgan fingerprint density at radius 3 is 2.63 bits per heavy atom. The van der Waals surface area contributed by atoms with Crippen LogP contribution in [0.15, 0.2) is 24.3 Å². The van der Waals surface area contributed by atoms with E-state index in [-0.39, 0.29) is 5.97 Å². The molecule has 1 fully saturated rings. The summed E-state index contributed by atoms with van der Waals surface area (Å²) < 4.78 is 10.8. The Labute approximate surface area is 114 Å². The number of esters is 1. The van der Waals surface area contributed by atoms with Crippen molar-refractivity contribution in [2.75, 3.05) is 7.11 Å². The predicted octanol–water partition coefficient (Wildman–Crippen LogP) is 3.53. The molecule has 1 saturated carbocycles. The van der Waals surface area contributed by atoms with E-state index in [9.17, 15) is 4.79 Å². The minimum atomic E-state index is -0.449. The van der Waals surface area contributed by atoms with Gasteiger partial charge in [0, 0.05) is 5.92 Å². The number of rotatable bonds is 6. The lowest BCUT2D eigenvalue weighted by molar-refractivity contribution is -0.149. The van der Waals surface area contributed by atoms with Gasteiger partial charge in [0.2, 0.25) is 0 Å². The van der Waals surface area contributed by atoms with Crippen LogP contribution < -0.4 is 4.74 Å². The summed E-state index contributed by atoms with van der Waals surface area (Å²) in [4.78, 5) is 11.8. The predicted molar refractivity (Wildman–Crippen MR) is 74.3 cm³/mol. The molecule has 0 radical (unpaired) electrons. The molecule has 19 heavy (non-hydrogen) atoms. The van der Waals surface area contributed by atoms with Crippen LogP contribution >= 0.6 is 0 Å². The maximum absolute atomic E-state index is 11.8. The molecule has 104 valence electrons. The average molecular weight is 262 g/mol. The number of methoxy groups -OCH3 is 1. The second kappa shape index (κ2) is 6.09. The number of carbonyl (C=O) groups is 1. The third-order valence-corrected chi connectivity index (χ3v) is 3.80. The van der Waals surface area contributed by atoms with E-state index in [1.807, 2.05) is 18.2 Å². The lowest BCUT2D eigenvalue weighted by Crippen LogP contribution is -2.31. The van der Waals surface area contributed by atoms with E-state index in [1.54, 1.807) is 0 Å². The van der Waals surface area contributed by atoms with Crippen molar-refractivity contribution >= 4 is 5.97 Å². The Bertz CT molecular complexity index is 437. The molecule has 0 aliphatic heterocycles. The van der Waals surface area contributed by atoms with Crippen LogP contribution in [0, 0.1) is 5.92 Å². The summed E-state index contributed by atoms with van der Waals surface area (Å²) >= 11 is 0. The maximum Gasteiger partial charge on any atom is 0.347 e. The molecule has 1 aromatic rings. The molecule has 1 aliphatic carbocycles. The molecular weight excluding hydrogens is 240 g/mol. The summed E-state index contributed by atoms with van der Waals surface area (Å²) in [6.07, 6.45) is 2.69. The standard InChI is InChI=1S/C16H22O3/c1-4-11(2)13-7-5-6-8-14(13)19-15(12-9-10-12)16(17)18-3/h5-8,11-12,15H,4,9-10H2,1-3H3. The number of ether oxygens (including phenoxy) is 2. The number of hydrogen-bond acceptors (Lipinski definition) is 3. The highest BCUT2D eigenvalue weighted by molar-refractivity contribution is 5.76. The van der Waals surface area contributed by atoms with Crippen LogP contribution in [0.2, 0.25) is 0 Å². The first-order chi connectivity index (χ1) is 9.17. The van der Waals surface area contributed by atoms with Gasteiger partial charge in [-0.3, -0.25) is 0 Å². The monoisotopic (exact) mass is 262 g/mol. The minimum Gasteiger partial charge on any atom is -0.478 e. The molecule has 2 atom stereocenters. The van der Waals surface area contributed by atoms with Gasteiger partial charge in [-0.25, -0.2) is 4.79 Å². The van der Waals surface area contributed by atoms with E-state index in [1.165, 1.54) is 12.7 Å². The van der Waals surface area contributed by atoms with Crippen molar-refractivity contribution in [2.24, 2.45) is 5.92 Å². The third kappa shape index (κ3) is 3.28. The Kier molecular flexibility index (Phi) is 4.46. The van der Waals surface area contributed by atoms with Gasteiger partial charge in [-0.2, -0.15) is 0 Å². The van der Waals surface area contributed by atoms with Crippen molar-refractivity contribution < 1.29 is 14.3 Å². The second-order valence-corrected chi connectivity index (χ2v) is 5.25. The minimum absolute atomic E-state index is 0.263. The van der Waals surface area contributed by atoms with E-state index in [0.717, 1.165) is 25.0 Å². The second-order valence-electron chi connectivity index (χ2n) is 5.25. The molecule has 0 saturated heterocycles. The first kappa shape index (κ1) is 13.9. The highest BCUT2D eigenvalue weighted by atomic mass is 16.6. The fourth-order valence-electron chi connectivity index (χ4n) is 2.20. The molecule has 0 heterocycles. The van der Waals surface area contributed by atoms with Crippen molar-refractivity contribution in [2.45, 2.75) is 45.1 Å². The SMILES string of the molecule is CCC(C)c1ccccc1OC(C(=O)OC)C1CC1. The van der Waals surface area contributed by atoms with Crippen LogP contribution in [-0.2, 0) is 9.53 Å². The molecule has 2 rings (SSSR count). The molecular formula is C16H22O3. The van der Waals surface area contributed by atoms with Gasteiger partial charge in [-0.1, -0.05) is 32.0 Å². The van der Waals surface area contributed by atoms with Crippen LogP contribution in [0.4, 0.5) is 0 Å². The van der Waals surface area contributed by atoms with Gasteiger partial charge in [0.15, 0.2) is 6.10 Å². The van der Waals surface area contributed by atoms with Crippen LogP contribution in [-0.4, -0.2) is 19.2 Å². The van der Waals surface area contributed by atoms with Gasteiger partial charge in [0.05, 0.1) is 7.11 Å². The van der Waals surface area contributed by atoms with Gasteiger partial charge in [0.25, 0.3) is 0 Å². The van der Waals surface area contributed by atoms with Crippen LogP contribution in [0.1, 0.15) is 44.6 Å². The summed E-state index contributed by atoms with van der Waals surface area (Å²) in [6.45, 7) is 4.33. The van der Waals surface area contributed by atoms with Crippen molar-refractivity contribution in [3.05, 3.63) is 29.8 Å². The zero-order valence-corrected chi connectivity index (χ0v) is 11.9. The first-order valence-corrected chi connectivity index (χ1v) is 7.00. The zero-order valence-electron chi connectivity index (χ0n) is 11.9. The van der Waals surface area contributed by atoms with Crippen molar-refractivity contribution in [3.63, 3.8) is 0 Å². The number of carbonyl (C=O) groups excluding carboxylic acids is 1. The molecule has 2 unspecified atom stereocenters. The Morgan fingerprint density at radius 1 is 1.37 bits per heavy atom. The topological polar surface area (TPSA) is 35.5 Å². The number of para-hydroxylation sites is 1. The molecule has 3 nitrogen and oxygen atoms in total. The Balaban J connectivity index is 2.19. The lowest BCUT2D eigenvalue weighted by Gasteiger charge is -2.20. The smallest absolute Gasteiger partial charge is 0.347 e. The van der Waals surface area contributed by atoms with Crippen LogP contribution in [0.5, 0.6) is 5.75 Å². The fraction of sp³-hybridized carbons (Fsp3) is 0.562. The fourth-order valence-corrected chi connectivity index (χ4v) is 2.20. The summed E-state index contributed by atoms with van der Waals surface area (Å²) in [6, 6.07) is 7.98. The highest BCUT2D eigenvalue weighted by Gasteiger charge is 2.39. The molecule has 0 amide bonds. The third-order valence-electron chi connectivity index (χ3n) is 3.80. The van der Waals surface area contributed by atoms with Crippen molar-refractivity contribution in [1.29, 1.82) is 0 Å². The largest absolute Gasteiger partial charge is 0.478 e. The van der Waals surface area contributed by atoms with E-state index < -0.39 is 6.10 Å². The normalized spacial score (nSPS) is 17.6. The molecule has 3 heteroatoms. The highest BCUT2D eigenvalue weighted by Crippen LogP contribution is 2.37. The Hall–Kier alpha value is -1.51. The van der Waals surface area contributed by atoms with E-state index >= 15 is 0 Å². The number of hydrogen-bond donors (Lipinski definition) is 0. The molecule has 1 aliphatic rings. The Morgan fingerprint density at radius 2 is 2.05 bits per heavy atom. The van der Waals surface area contributed by atoms with Crippen molar-refractivity contribution in [3.8, 4) is 5.75 Å². The van der Waals surface area contributed by atoms with E-state index in [2.05, 4.69) is 19.9 Å². The number of benzene rings is 1. The first-order valence-electron chi connectivity index (χ1n) is 7.00. The van der Waals surface area contributed by atoms with Gasteiger partial charge in [-0.15, -0.1) is 0 Å². The summed E-state index contributed by atoms with van der Waals surface area (Å²) in [5.74, 6) is 1.30. The van der Waals surface area contributed by atoms with Crippen molar-refractivity contribution in [1.82, 2.24) is 0 Å². The van der Waals surface area contributed by atoms with Gasteiger partial charge in [-0.05, 0) is 36.8 Å². The quantitative estimate of drug-likeness (QED) is 0.736. The van der Waals surface area contributed by atoms with Gasteiger partial charge >= 0.3 is 5.97 Å². The molecule has 0 bridgehead atoms. The lowest BCUT2D eigenvalue weighted by atomic mass is 9.98. The van der Waals surface area contributed by atoms with E-state index in [4.69, 9.17) is 9.47 Å². The molecule has 0 aromatic heterocycles.